The molecule has 2 rings (SSSR count). The van der Waals surface area contributed by atoms with E-state index in [1.54, 1.807) is 13.0 Å². The minimum absolute atomic E-state index is 0.200. The number of azo groups is 1. The first-order chi connectivity index (χ1) is 15.3. The zero-order valence-electron chi connectivity index (χ0n) is 18.3. The molecule has 0 bridgehead atoms. The van der Waals surface area contributed by atoms with Gasteiger partial charge in [-0.05, 0) is 43.2 Å². The molecule has 0 spiro atoms. The maximum Gasteiger partial charge on any atom is 0.302 e. The minimum atomic E-state index is -0.364. The van der Waals surface area contributed by atoms with Gasteiger partial charge in [-0.3, -0.25) is 9.59 Å². The molecule has 0 aliphatic rings. The summed E-state index contributed by atoms with van der Waals surface area (Å²) in [6.45, 7) is 7.54. The molecule has 2 aromatic rings. The molecule has 10 heteroatoms. The Balaban J connectivity index is 2.22. The normalized spacial score (nSPS) is 10.4. The van der Waals surface area contributed by atoms with Crippen molar-refractivity contribution >= 4 is 39.7 Å². The molecule has 1 aromatic carbocycles. The number of thiophene rings is 1. The Hall–Kier alpha value is -3.76. The number of nitrogens with zero attached hydrogens (tertiary/aromatic N) is 5. The predicted octanol–water partition coefficient (Wildman–Crippen LogP) is 4.46. The van der Waals surface area contributed by atoms with Crippen molar-refractivity contribution in [3.05, 3.63) is 39.8 Å². The zero-order chi connectivity index (χ0) is 23.7. The highest BCUT2D eigenvalue weighted by molar-refractivity contribution is 7.16. The molecule has 166 valence electrons. The second-order valence-corrected chi connectivity index (χ2v) is 7.80. The Bertz CT molecular complexity index is 1090. The topological polar surface area (TPSA) is 128 Å². The average molecular weight is 454 g/mol. The maximum absolute atomic E-state index is 11.1. The number of carbonyl (C=O) groups is 2. The first-order valence-electron chi connectivity index (χ1n) is 9.74. The van der Waals surface area contributed by atoms with Crippen LogP contribution in [-0.4, -0.2) is 38.2 Å². The van der Waals surface area contributed by atoms with Crippen molar-refractivity contribution in [3.63, 3.8) is 0 Å². The van der Waals surface area contributed by atoms with Gasteiger partial charge in [0.15, 0.2) is 5.00 Å². The fraction of sp³-hybridized carbons (Fsp3) is 0.364. The maximum atomic E-state index is 11.1. The summed E-state index contributed by atoms with van der Waals surface area (Å²) in [5.74, 6) is -0.728. The van der Waals surface area contributed by atoms with E-state index in [0.29, 0.717) is 39.8 Å². The van der Waals surface area contributed by atoms with Crippen LogP contribution in [0, 0.1) is 36.5 Å². The Morgan fingerprint density at radius 3 is 2.16 bits per heavy atom. The molecule has 0 saturated carbocycles. The van der Waals surface area contributed by atoms with Gasteiger partial charge in [-0.1, -0.05) is 0 Å². The van der Waals surface area contributed by atoms with Crippen LogP contribution in [0.25, 0.3) is 0 Å². The molecule has 0 amide bonds. The number of carbonyl (C=O) groups excluding carboxylic acids is 2. The third-order valence-corrected chi connectivity index (χ3v) is 5.55. The Morgan fingerprint density at radius 2 is 1.66 bits per heavy atom. The molecular formula is C22H23N5O4S. The summed E-state index contributed by atoms with van der Waals surface area (Å²) in [4.78, 5) is 24.5. The molecule has 0 N–H and O–H groups in total. The van der Waals surface area contributed by atoms with Crippen molar-refractivity contribution < 1.29 is 19.1 Å². The average Bonchev–Trinajstić information content (AvgIpc) is 3.05. The van der Waals surface area contributed by atoms with Gasteiger partial charge in [-0.25, -0.2) is 0 Å². The number of rotatable bonds is 9. The molecule has 0 unspecified atom stereocenters. The fourth-order valence-electron chi connectivity index (χ4n) is 2.82. The third kappa shape index (κ3) is 6.62. The van der Waals surface area contributed by atoms with Crippen LogP contribution in [0.15, 0.2) is 28.4 Å². The molecule has 32 heavy (non-hydrogen) atoms. The van der Waals surface area contributed by atoms with E-state index >= 15 is 0 Å². The van der Waals surface area contributed by atoms with E-state index in [0.717, 1.165) is 22.6 Å². The molecule has 0 aliphatic heterocycles. The Kier molecular flexibility index (Phi) is 8.87. The minimum Gasteiger partial charge on any atom is -0.464 e. The quantitative estimate of drug-likeness (QED) is 0.405. The lowest BCUT2D eigenvalue weighted by atomic mass is 10.1. The summed E-state index contributed by atoms with van der Waals surface area (Å²) >= 11 is 1.13. The van der Waals surface area contributed by atoms with Gasteiger partial charge in [0.2, 0.25) is 0 Å². The van der Waals surface area contributed by atoms with Crippen molar-refractivity contribution in [1.82, 2.24) is 0 Å². The number of anilines is 1. The van der Waals surface area contributed by atoms with Crippen LogP contribution >= 0.6 is 11.3 Å². The van der Waals surface area contributed by atoms with Gasteiger partial charge in [0.1, 0.15) is 30.2 Å². The fourth-order valence-corrected chi connectivity index (χ4v) is 3.70. The first kappa shape index (κ1) is 24.5. The zero-order valence-corrected chi connectivity index (χ0v) is 19.2. The van der Waals surface area contributed by atoms with Crippen molar-refractivity contribution in [2.24, 2.45) is 10.2 Å². The molecule has 1 heterocycles. The predicted molar refractivity (Wildman–Crippen MR) is 119 cm³/mol. The van der Waals surface area contributed by atoms with E-state index < -0.39 is 0 Å². The van der Waals surface area contributed by atoms with Crippen molar-refractivity contribution in [2.45, 2.75) is 27.7 Å². The lowest BCUT2D eigenvalue weighted by Crippen LogP contribution is -2.31. The smallest absolute Gasteiger partial charge is 0.302 e. The number of esters is 2. The van der Waals surface area contributed by atoms with Gasteiger partial charge in [0, 0.05) is 19.5 Å². The van der Waals surface area contributed by atoms with Crippen LogP contribution in [0.5, 0.6) is 0 Å². The Labute approximate surface area is 190 Å². The summed E-state index contributed by atoms with van der Waals surface area (Å²) in [7, 11) is 0. The molecular weight excluding hydrogens is 430 g/mol. The summed E-state index contributed by atoms with van der Waals surface area (Å²) in [5.41, 5.74) is 3.26. The van der Waals surface area contributed by atoms with Crippen LogP contribution in [0.4, 0.5) is 16.4 Å². The van der Waals surface area contributed by atoms with Crippen LogP contribution in [-0.2, 0) is 19.1 Å². The number of hydrogen-bond donors (Lipinski definition) is 0. The lowest BCUT2D eigenvalue weighted by Gasteiger charge is -2.25. The highest BCUT2D eigenvalue weighted by Crippen LogP contribution is 2.36. The second kappa shape index (κ2) is 11.6. The molecule has 0 atom stereocenters. The van der Waals surface area contributed by atoms with Crippen LogP contribution in [0.1, 0.15) is 35.4 Å². The third-order valence-electron chi connectivity index (χ3n) is 4.47. The summed E-state index contributed by atoms with van der Waals surface area (Å²) in [6, 6.07) is 9.67. The highest BCUT2D eigenvalue weighted by atomic mass is 32.1. The molecule has 0 radical (unpaired) electrons. The largest absolute Gasteiger partial charge is 0.464 e. The van der Waals surface area contributed by atoms with Gasteiger partial charge in [0.05, 0.1) is 24.3 Å². The van der Waals surface area contributed by atoms with Crippen LogP contribution in [0.3, 0.4) is 0 Å². The van der Waals surface area contributed by atoms with Gasteiger partial charge in [0.25, 0.3) is 0 Å². The van der Waals surface area contributed by atoms with Gasteiger partial charge in [-0.2, -0.15) is 10.5 Å². The van der Waals surface area contributed by atoms with Crippen LogP contribution in [0.2, 0.25) is 0 Å². The number of hydrogen-bond acceptors (Lipinski definition) is 10. The van der Waals surface area contributed by atoms with Crippen molar-refractivity contribution in [2.75, 3.05) is 31.2 Å². The van der Waals surface area contributed by atoms with Crippen molar-refractivity contribution in [1.29, 1.82) is 10.5 Å². The van der Waals surface area contributed by atoms with Gasteiger partial charge in [-0.15, -0.1) is 21.6 Å². The molecule has 0 fully saturated rings. The highest BCUT2D eigenvalue weighted by Gasteiger charge is 2.15. The number of benzene rings is 1. The molecule has 0 aliphatic carbocycles. The van der Waals surface area contributed by atoms with Gasteiger partial charge < -0.3 is 14.4 Å². The lowest BCUT2D eigenvalue weighted by molar-refractivity contribution is -0.141. The first-order valence-corrected chi connectivity index (χ1v) is 10.6. The van der Waals surface area contributed by atoms with E-state index in [9.17, 15) is 14.9 Å². The Morgan fingerprint density at radius 1 is 1.03 bits per heavy atom. The van der Waals surface area contributed by atoms with Crippen molar-refractivity contribution in [3.8, 4) is 12.1 Å². The molecule has 9 nitrogen and oxygen atoms in total. The van der Waals surface area contributed by atoms with E-state index in [4.69, 9.17) is 14.7 Å². The number of aryl methyl sites for hydroxylation is 1. The second-order valence-electron chi connectivity index (χ2n) is 6.80. The van der Waals surface area contributed by atoms with Gasteiger partial charge >= 0.3 is 11.9 Å². The monoisotopic (exact) mass is 453 g/mol. The molecule has 1 aromatic heterocycles. The SMILES string of the molecule is CC(=O)OCCN(CCOC(C)=O)c1ccc(/N=N/c2sc(C#N)c(C)c2C#N)c(C)c1. The van der Waals surface area contributed by atoms with E-state index in [-0.39, 0.29) is 25.2 Å². The number of ether oxygens (including phenoxy) is 2. The van der Waals surface area contributed by atoms with Crippen LogP contribution < -0.4 is 4.90 Å². The van der Waals surface area contributed by atoms with E-state index in [1.165, 1.54) is 13.8 Å². The molecule has 0 saturated heterocycles. The summed E-state index contributed by atoms with van der Waals surface area (Å²) in [6.07, 6.45) is 0. The van der Waals surface area contributed by atoms with E-state index in [1.807, 2.05) is 24.0 Å². The summed E-state index contributed by atoms with van der Waals surface area (Å²) in [5, 5.41) is 27.4. The van der Waals surface area contributed by atoms with E-state index in [2.05, 4.69) is 22.4 Å². The number of nitriles is 2. The standard InChI is InChI=1S/C22H23N5O4S/c1-14-11-18(27(7-9-30-16(3)28)8-10-31-17(4)29)5-6-20(14)25-26-22-19(12-23)15(2)21(13-24)32-22/h5-6,11H,7-10H2,1-4H3/b26-25+. The summed E-state index contributed by atoms with van der Waals surface area (Å²) < 4.78 is 10.1.